The van der Waals surface area contributed by atoms with Crippen LogP contribution in [-0.2, 0) is 6.42 Å². The predicted molar refractivity (Wildman–Crippen MR) is 50.7 cm³/mol. The summed E-state index contributed by atoms with van der Waals surface area (Å²) in [4.78, 5) is 0. The van der Waals surface area contributed by atoms with E-state index in [1.807, 2.05) is 12.1 Å². The van der Waals surface area contributed by atoms with Crippen molar-refractivity contribution in [2.45, 2.75) is 12.5 Å². The number of halogens is 2. The molecule has 3 heteroatoms. The molecule has 1 aromatic carbocycles. The van der Waals surface area contributed by atoms with Gasteiger partial charge >= 0.3 is 0 Å². The van der Waals surface area contributed by atoms with Gasteiger partial charge in [0, 0.05) is 10.2 Å². The van der Waals surface area contributed by atoms with Crippen LogP contribution in [0, 0.1) is 0 Å². The molecule has 57 valence electrons. The first-order valence-corrected chi connectivity index (χ1v) is 4.79. The molecule has 0 heterocycles. The number of hydrogen-bond donors (Lipinski definition) is 0. The number of aryl methyl sites for hydroxylation is 1. The van der Waals surface area contributed by atoms with Gasteiger partial charge in [0.2, 0.25) is 0 Å². The van der Waals surface area contributed by atoms with Crippen molar-refractivity contribution in [1.82, 2.24) is 0 Å². The van der Waals surface area contributed by atoms with Gasteiger partial charge in [0.1, 0.15) is 0 Å². The number of benzene rings is 1. The molecule has 0 amide bonds. The Hall–Kier alpha value is 0.0169. The normalized spacial score (nSPS) is 10.1. The molecule has 0 aliphatic rings. The monoisotopic (exact) mass is 201 g/mol. The highest BCUT2D eigenvalue weighted by molar-refractivity contribution is 6.42. The SMILES string of the molecule is [Si]CCc1cccc(Cl)c1Cl. The van der Waals surface area contributed by atoms with Crippen molar-refractivity contribution in [2.24, 2.45) is 0 Å². The van der Waals surface area contributed by atoms with Crippen LogP contribution in [0.1, 0.15) is 5.56 Å². The van der Waals surface area contributed by atoms with Gasteiger partial charge in [-0.25, -0.2) is 0 Å². The lowest BCUT2D eigenvalue weighted by molar-refractivity contribution is 1.13. The summed E-state index contributed by atoms with van der Waals surface area (Å²) in [5, 5.41) is 1.30. The first kappa shape index (κ1) is 9.11. The van der Waals surface area contributed by atoms with Crippen LogP contribution in [0.5, 0.6) is 0 Å². The van der Waals surface area contributed by atoms with Crippen LogP contribution in [0.3, 0.4) is 0 Å². The van der Waals surface area contributed by atoms with E-state index in [0.29, 0.717) is 10.0 Å². The molecule has 0 saturated carbocycles. The lowest BCUT2D eigenvalue weighted by atomic mass is 10.2. The highest BCUT2D eigenvalue weighted by Gasteiger charge is 2.01. The topological polar surface area (TPSA) is 0 Å². The Bertz CT molecular complexity index is 248. The maximum Gasteiger partial charge on any atom is 0.0624 e. The molecule has 0 N–H and O–H groups in total. The lowest BCUT2D eigenvalue weighted by Gasteiger charge is -2.02. The van der Waals surface area contributed by atoms with E-state index in [2.05, 4.69) is 10.2 Å². The van der Waals surface area contributed by atoms with Crippen molar-refractivity contribution in [3.05, 3.63) is 33.8 Å². The van der Waals surface area contributed by atoms with E-state index in [1.54, 1.807) is 6.07 Å². The number of hydrogen-bond acceptors (Lipinski definition) is 0. The molecule has 11 heavy (non-hydrogen) atoms. The molecule has 0 atom stereocenters. The highest BCUT2D eigenvalue weighted by atomic mass is 35.5. The van der Waals surface area contributed by atoms with Gasteiger partial charge in [-0.05, 0) is 18.1 Å². The van der Waals surface area contributed by atoms with E-state index in [0.717, 1.165) is 18.0 Å². The Morgan fingerprint density at radius 1 is 1.27 bits per heavy atom. The fraction of sp³-hybridized carbons (Fsp3) is 0.250. The highest BCUT2D eigenvalue weighted by Crippen LogP contribution is 2.25. The van der Waals surface area contributed by atoms with Crippen molar-refractivity contribution in [2.75, 3.05) is 0 Å². The fourth-order valence-corrected chi connectivity index (χ4v) is 1.56. The van der Waals surface area contributed by atoms with Crippen molar-refractivity contribution >= 4 is 33.4 Å². The molecule has 3 radical (unpaired) electrons. The van der Waals surface area contributed by atoms with Crippen LogP contribution < -0.4 is 0 Å². The van der Waals surface area contributed by atoms with Gasteiger partial charge in [-0.2, -0.15) is 0 Å². The predicted octanol–water partition coefficient (Wildman–Crippen LogP) is 3.12. The Morgan fingerprint density at radius 2 is 2.00 bits per heavy atom. The second kappa shape index (κ2) is 4.15. The number of rotatable bonds is 2. The van der Waals surface area contributed by atoms with Gasteiger partial charge in [-0.3, -0.25) is 0 Å². The van der Waals surface area contributed by atoms with E-state index in [-0.39, 0.29) is 0 Å². The summed E-state index contributed by atoms with van der Waals surface area (Å²) in [7, 11) is 3.39. The molecule has 0 aromatic heterocycles. The molecule has 0 saturated heterocycles. The van der Waals surface area contributed by atoms with Gasteiger partial charge in [0.25, 0.3) is 0 Å². The molecule has 0 aliphatic heterocycles. The first-order chi connectivity index (χ1) is 5.25. The minimum Gasteiger partial charge on any atom is -0.0827 e. The summed E-state index contributed by atoms with van der Waals surface area (Å²) in [5.41, 5.74) is 1.09. The summed E-state index contributed by atoms with van der Waals surface area (Å²) < 4.78 is 0. The molecule has 0 spiro atoms. The maximum atomic E-state index is 5.92. The molecule has 0 unspecified atom stereocenters. The maximum absolute atomic E-state index is 5.92. The summed E-state index contributed by atoms with van der Waals surface area (Å²) in [6, 6.07) is 6.58. The summed E-state index contributed by atoms with van der Waals surface area (Å²) in [6.07, 6.45) is 0.913. The minimum atomic E-state index is 0.629. The third kappa shape index (κ3) is 2.22. The Morgan fingerprint density at radius 3 is 2.64 bits per heavy atom. The molecular formula is C8H7Cl2Si. The van der Waals surface area contributed by atoms with Gasteiger partial charge in [-0.1, -0.05) is 41.4 Å². The lowest BCUT2D eigenvalue weighted by Crippen LogP contribution is -1.85. The molecule has 0 fully saturated rings. The Labute approximate surface area is 79.9 Å². The fourth-order valence-electron chi connectivity index (χ4n) is 0.876. The summed E-state index contributed by atoms with van der Waals surface area (Å²) >= 11 is 11.7. The first-order valence-electron chi connectivity index (χ1n) is 3.33. The third-order valence-electron chi connectivity index (χ3n) is 1.43. The quantitative estimate of drug-likeness (QED) is 0.646. The summed E-state index contributed by atoms with van der Waals surface area (Å²) in [5.74, 6) is 0. The molecular weight excluding hydrogens is 195 g/mol. The van der Waals surface area contributed by atoms with Crippen LogP contribution in [0.25, 0.3) is 0 Å². The zero-order valence-corrected chi connectivity index (χ0v) is 8.41. The summed E-state index contributed by atoms with van der Waals surface area (Å²) in [6.45, 7) is 0. The molecule has 0 nitrogen and oxygen atoms in total. The zero-order valence-electron chi connectivity index (χ0n) is 5.90. The average Bonchev–Trinajstić information content (AvgIpc) is 1.99. The Balaban J connectivity index is 2.96. The van der Waals surface area contributed by atoms with E-state index in [9.17, 15) is 0 Å². The van der Waals surface area contributed by atoms with Gasteiger partial charge in [0.05, 0.1) is 10.0 Å². The smallest absolute Gasteiger partial charge is 0.0624 e. The average molecular weight is 202 g/mol. The molecule has 1 aromatic rings. The van der Waals surface area contributed by atoms with Crippen molar-refractivity contribution in [3.8, 4) is 0 Å². The third-order valence-corrected chi connectivity index (χ3v) is 2.53. The van der Waals surface area contributed by atoms with Crippen LogP contribution in [0.4, 0.5) is 0 Å². The second-order valence-electron chi connectivity index (χ2n) is 2.21. The van der Waals surface area contributed by atoms with Crippen molar-refractivity contribution in [1.29, 1.82) is 0 Å². The van der Waals surface area contributed by atoms with Crippen LogP contribution in [-0.4, -0.2) is 10.2 Å². The van der Waals surface area contributed by atoms with E-state index >= 15 is 0 Å². The molecule has 0 bridgehead atoms. The van der Waals surface area contributed by atoms with E-state index < -0.39 is 0 Å². The standard InChI is InChI=1S/C8H7Cl2Si/c9-7-3-1-2-6(4-5-11)8(7)10/h1-3H,4-5H2. The molecule has 1 rings (SSSR count). The largest absolute Gasteiger partial charge is 0.0827 e. The van der Waals surface area contributed by atoms with E-state index in [1.165, 1.54) is 0 Å². The van der Waals surface area contributed by atoms with Crippen molar-refractivity contribution in [3.63, 3.8) is 0 Å². The van der Waals surface area contributed by atoms with Gasteiger partial charge in [0.15, 0.2) is 0 Å². The van der Waals surface area contributed by atoms with Crippen LogP contribution in [0.2, 0.25) is 16.1 Å². The second-order valence-corrected chi connectivity index (χ2v) is 3.50. The minimum absolute atomic E-state index is 0.629. The van der Waals surface area contributed by atoms with Gasteiger partial charge in [-0.15, -0.1) is 0 Å². The van der Waals surface area contributed by atoms with Crippen molar-refractivity contribution < 1.29 is 0 Å². The van der Waals surface area contributed by atoms with E-state index in [4.69, 9.17) is 23.2 Å². The molecule has 0 aliphatic carbocycles. The van der Waals surface area contributed by atoms with Crippen LogP contribution in [0.15, 0.2) is 18.2 Å². The van der Waals surface area contributed by atoms with Crippen LogP contribution >= 0.6 is 23.2 Å². The zero-order chi connectivity index (χ0) is 8.27. The Kier molecular flexibility index (Phi) is 3.43. The van der Waals surface area contributed by atoms with Gasteiger partial charge < -0.3 is 0 Å².